The van der Waals surface area contributed by atoms with Gasteiger partial charge in [-0.25, -0.2) is 0 Å². The van der Waals surface area contributed by atoms with Crippen molar-refractivity contribution < 1.29 is 4.92 Å². The minimum absolute atomic E-state index is 0.0659. The second-order valence-electron chi connectivity index (χ2n) is 3.02. The fourth-order valence-corrected chi connectivity index (χ4v) is 2.54. The minimum atomic E-state index is -0.382. The fraction of sp³-hybridized carbons (Fsp3) is 0.333. The van der Waals surface area contributed by atoms with Crippen LogP contribution in [0.1, 0.15) is 10.8 Å². The molecule has 2 atom stereocenters. The van der Waals surface area contributed by atoms with Crippen LogP contribution in [0, 0.1) is 10.1 Å². The molecule has 1 fully saturated rings. The highest BCUT2D eigenvalue weighted by Crippen LogP contribution is 2.43. The normalized spacial score (nSPS) is 26.5. The van der Waals surface area contributed by atoms with Crippen LogP contribution in [0.2, 0.25) is 0 Å². The molecule has 1 aromatic rings. The van der Waals surface area contributed by atoms with E-state index >= 15 is 0 Å². The lowest BCUT2D eigenvalue weighted by atomic mass is 10.1. The molecule has 1 heterocycles. The summed E-state index contributed by atoms with van der Waals surface area (Å²) < 4.78 is 0. The lowest BCUT2D eigenvalue weighted by Gasteiger charge is -2.28. The van der Waals surface area contributed by atoms with Gasteiger partial charge in [-0.3, -0.25) is 10.1 Å². The lowest BCUT2D eigenvalue weighted by Crippen LogP contribution is -2.36. The minimum Gasteiger partial charge on any atom is -0.264 e. The Morgan fingerprint density at radius 3 is 2.54 bits per heavy atom. The summed E-state index contributed by atoms with van der Waals surface area (Å²) in [5, 5.41) is 10.6. The molecule has 0 saturated carbocycles. The van der Waals surface area contributed by atoms with Crippen LogP contribution in [0.15, 0.2) is 30.3 Å². The molecule has 2 rings (SSSR count). The van der Waals surface area contributed by atoms with E-state index in [4.69, 9.17) is 0 Å². The number of nitrogens with zero attached hydrogens (tertiary/aromatic N) is 1. The SMILES string of the molecule is O=[N+]([O-])[C@H]1CS[C@@H]1c1ccccc1. The average Bonchev–Trinajstić information content (AvgIpc) is 2.02. The van der Waals surface area contributed by atoms with Crippen molar-refractivity contribution in [1.29, 1.82) is 0 Å². The molecule has 1 aliphatic heterocycles. The molecule has 68 valence electrons. The van der Waals surface area contributed by atoms with Crippen LogP contribution in [0.4, 0.5) is 0 Å². The van der Waals surface area contributed by atoms with Crippen LogP contribution in [-0.4, -0.2) is 16.7 Å². The zero-order valence-corrected chi connectivity index (χ0v) is 7.74. The van der Waals surface area contributed by atoms with Gasteiger partial charge in [0.1, 0.15) is 0 Å². The van der Waals surface area contributed by atoms with Gasteiger partial charge in [-0.15, -0.1) is 11.8 Å². The Labute approximate surface area is 80.3 Å². The Balaban J connectivity index is 2.15. The third kappa shape index (κ3) is 1.54. The maximum atomic E-state index is 10.6. The van der Waals surface area contributed by atoms with Crippen LogP contribution < -0.4 is 0 Å². The van der Waals surface area contributed by atoms with Gasteiger partial charge in [0.05, 0.1) is 11.0 Å². The first-order valence-corrected chi connectivity index (χ1v) is 5.14. The van der Waals surface area contributed by atoms with Crippen LogP contribution >= 0.6 is 11.8 Å². The van der Waals surface area contributed by atoms with Crippen LogP contribution in [-0.2, 0) is 0 Å². The first kappa shape index (κ1) is 8.56. The molecular formula is C9H9NO2S. The van der Waals surface area contributed by atoms with Gasteiger partial charge >= 0.3 is 0 Å². The van der Waals surface area contributed by atoms with Gasteiger partial charge in [0.2, 0.25) is 6.04 Å². The monoisotopic (exact) mass is 195 g/mol. The smallest absolute Gasteiger partial charge is 0.237 e. The highest BCUT2D eigenvalue weighted by molar-refractivity contribution is 8.01. The van der Waals surface area contributed by atoms with E-state index < -0.39 is 0 Å². The Morgan fingerprint density at radius 2 is 2.08 bits per heavy atom. The molecule has 1 aromatic carbocycles. The van der Waals surface area contributed by atoms with E-state index in [-0.39, 0.29) is 16.2 Å². The maximum Gasteiger partial charge on any atom is 0.237 e. The number of nitro groups is 1. The summed E-state index contributed by atoms with van der Waals surface area (Å²) >= 11 is 1.65. The molecule has 4 heteroatoms. The average molecular weight is 195 g/mol. The largest absolute Gasteiger partial charge is 0.264 e. The molecule has 13 heavy (non-hydrogen) atoms. The Hall–Kier alpha value is -1.03. The molecule has 0 aliphatic carbocycles. The van der Waals surface area contributed by atoms with Crippen LogP contribution in [0.5, 0.6) is 0 Å². The zero-order chi connectivity index (χ0) is 9.26. The standard InChI is InChI=1S/C9H9NO2S/c11-10(12)8-6-13-9(8)7-4-2-1-3-5-7/h1-5,8-9H,6H2/t8-,9+/m0/s1. The first-order chi connectivity index (χ1) is 6.29. The van der Waals surface area contributed by atoms with E-state index in [1.807, 2.05) is 30.3 Å². The van der Waals surface area contributed by atoms with Crippen molar-refractivity contribution in [3.05, 3.63) is 46.0 Å². The summed E-state index contributed by atoms with van der Waals surface area (Å²) in [7, 11) is 0. The fourth-order valence-electron chi connectivity index (χ4n) is 1.41. The van der Waals surface area contributed by atoms with Crippen molar-refractivity contribution >= 4 is 11.8 Å². The van der Waals surface area contributed by atoms with Gasteiger partial charge in [0.15, 0.2) is 0 Å². The number of thioether (sulfide) groups is 1. The third-order valence-corrected chi connectivity index (χ3v) is 3.67. The predicted molar refractivity (Wildman–Crippen MR) is 52.4 cm³/mol. The molecule has 0 amide bonds. The molecule has 0 bridgehead atoms. The quantitative estimate of drug-likeness (QED) is 0.536. The Kier molecular flexibility index (Phi) is 2.22. The summed E-state index contributed by atoms with van der Waals surface area (Å²) in [6, 6.07) is 9.29. The molecule has 1 aliphatic rings. The number of rotatable bonds is 2. The third-order valence-electron chi connectivity index (χ3n) is 2.19. The van der Waals surface area contributed by atoms with Gasteiger partial charge in [0.25, 0.3) is 0 Å². The highest BCUT2D eigenvalue weighted by atomic mass is 32.2. The van der Waals surface area contributed by atoms with E-state index in [9.17, 15) is 10.1 Å². The number of benzene rings is 1. The van der Waals surface area contributed by atoms with Gasteiger partial charge in [-0.2, -0.15) is 0 Å². The molecule has 0 unspecified atom stereocenters. The molecule has 0 aromatic heterocycles. The van der Waals surface area contributed by atoms with E-state index in [1.54, 1.807) is 11.8 Å². The molecule has 1 saturated heterocycles. The van der Waals surface area contributed by atoms with Gasteiger partial charge < -0.3 is 0 Å². The summed E-state index contributed by atoms with van der Waals surface area (Å²) in [6.07, 6.45) is 0. The maximum absolute atomic E-state index is 10.6. The van der Waals surface area contributed by atoms with Crippen molar-refractivity contribution in [2.45, 2.75) is 11.3 Å². The van der Waals surface area contributed by atoms with Gasteiger partial charge in [-0.1, -0.05) is 30.3 Å². The van der Waals surface area contributed by atoms with Crippen molar-refractivity contribution in [2.75, 3.05) is 5.75 Å². The van der Waals surface area contributed by atoms with Crippen molar-refractivity contribution in [2.24, 2.45) is 0 Å². The molecule has 0 N–H and O–H groups in total. The zero-order valence-electron chi connectivity index (χ0n) is 6.92. The Bertz CT molecular complexity index is 315. The molecule has 0 radical (unpaired) electrons. The topological polar surface area (TPSA) is 43.1 Å². The van der Waals surface area contributed by atoms with Gasteiger partial charge in [-0.05, 0) is 5.56 Å². The number of hydrogen-bond donors (Lipinski definition) is 0. The highest BCUT2D eigenvalue weighted by Gasteiger charge is 2.42. The summed E-state index contributed by atoms with van der Waals surface area (Å²) in [5.41, 5.74) is 1.07. The van der Waals surface area contributed by atoms with Crippen LogP contribution in [0.25, 0.3) is 0 Å². The first-order valence-electron chi connectivity index (χ1n) is 4.09. The van der Waals surface area contributed by atoms with Crippen molar-refractivity contribution in [3.8, 4) is 0 Å². The molecule has 3 nitrogen and oxygen atoms in total. The summed E-state index contributed by atoms with van der Waals surface area (Å²) in [6.45, 7) is 0. The predicted octanol–water partition coefficient (Wildman–Crippen LogP) is 2.12. The second-order valence-corrected chi connectivity index (χ2v) is 4.19. The van der Waals surface area contributed by atoms with E-state index in [0.29, 0.717) is 5.75 Å². The van der Waals surface area contributed by atoms with Crippen LogP contribution in [0.3, 0.4) is 0 Å². The summed E-state index contributed by atoms with van der Waals surface area (Å²) in [4.78, 5) is 10.4. The second kappa shape index (κ2) is 3.38. The molecule has 0 spiro atoms. The Morgan fingerprint density at radius 1 is 1.38 bits per heavy atom. The van der Waals surface area contributed by atoms with E-state index in [2.05, 4.69) is 0 Å². The van der Waals surface area contributed by atoms with Crippen molar-refractivity contribution in [1.82, 2.24) is 0 Å². The van der Waals surface area contributed by atoms with Gasteiger partial charge in [0, 0.05) is 4.92 Å². The summed E-state index contributed by atoms with van der Waals surface area (Å²) in [5.74, 6) is 0.645. The lowest BCUT2D eigenvalue weighted by molar-refractivity contribution is -0.520. The van der Waals surface area contributed by atoms with Crippen molar-refractivity contribution in [3.63, 3.8) is 0 Å². The van der Waals surface area contributed by atoms with E-state index in [0.717, 1.165) is 5.56 Å². The number of hydrogen-bond acceptors (Lipinski definition) is 3. The van der Waals surface area contributed by atoms with E-state index in [1.165, 1.54) is 0 Å². The molecular weight excluding hydrogens is 186 g/mol.